The minimum absolute atomic E-state index is 0.00132. The second kappa shape index (κ2) is 4.11. The van der Waals surface area contributed by atoms with Crippen LogP contribution >= 0.6 is 0 Å². The Morgan fingerprint density at radius 1 is 1.42 bits per heavy atom. The zero-order chi connectivity index (χ0) is 13.6. The van der Waals surface area contributed by atoms with Gasteiger partial charge in [-0.3, -0.25) is 4.79 Å². The first-order chi connectivity index (χ1) is 9.00. The molecule has 1 aromatic rings. The van der Waals surface area contributed by atoms with E-state index < -0.39 is 11.9 Å². The van der Waals surface area contributed by atoms with Crippen molar-refractivity contribution in [1.29, 1.82) is 0 Å². The number of carbonyl (C=O) groups excluding carboxylic acids is 1. The molecular weight excluding hydrogens is 261 g/mol. The maximum absolute atomic E-state index is 12.6. The lowest BCUT2D eigenvalue weighted by molar-refractivity contribution is -0.141. The molecular formula is C12H11F3N2O2. The third-order valence-electron chi connectivity index (χ3n) is 3.51. The number of hydrogen-bond donors (Lipinski definition) is 0. The standard InChI is InChI=1S/C12H11F3N2O2/c13-12(14,15)9-4-3-7-10-8(19-11(7)16-9)2-1-5-17(10)6-18/h3-4,6,8,10H,1-2,5H2/t8-,10-/m0/s1. The van der Waals surface area contributed by atoms with Crippen molar-refractivity contribution in [2.24, 2.45) is 0 Å². The normalized spacial score (nSPS) is 25.5. The number of halogens is 3. The lowest BCUT2D eigenvalue weighted by atomic mass is 9.96. The van der Waals surface area contributed by atoms with E-state index in [0.717, 1.165) is 12.5 Å². The number of amides is 1. The van der Waals surface area contributed by atoms with Crippen LogP contribution in [0.25, 0.3) is 0 Å². The van der Waals surface area contributed by atoms with E-state index in [1.54, 1.807) is 4.90 Å². The summed E-state index contributed by atoms with van der Waals surface area (Å²) in [4.78, 5) is 16.1. The zero-order valence-electron chi connectivity index (χ0n) is 9.85. The summed E-state index contributed by atoms with van der Waals surface area (Å²) in [6, 6.07) is 1.98. The van der Waals surface area contributed by atoms with Crippen molar-refractivity contribution >= 4 is 6.41 Å². The molecule has 1 fully saturated rings. The Kier molecular flexibility index (Phi) is 2.65. The number of pyridine rings is 1. The quantitative estimate of drug-likeness (QED) is 0.736. The minimum atomic E-state index is -4.49. The molecule has 0 unspecified atom stereocenters. The SMILES string of the molecule is O=CN1CCC[C@@H]2Oc3nc(C(F)(F)F)ccc3[C@@H]21. The largest absolute Gasteiger partial charge is 0.472 e. The summed E-state index contributed by atoms with van der Waals surface area (Å²) in [6.45, 7) is 0.592. The summed E-state index contributed by atoms with van der Waals surface area (Å²) in [7, 11) is 0. The van der Waals surface area contributed by atoms with E-state index in [1.165, 1.54) is 6.07 Å². The van der Waals surface area contributed by atoms with Crippen LogP contribution in [0.15, 0.2) is 12.1 Å². The Labute approximate surface area is 107 Å². The molecule has 1 aromatic heterocycles. The molecule has 7 heteroatoms. The average molecular weight is 272 g/mol. The lowest BCUT2D eigenvalue weighted by Gasteiger charge is -2.33. The van der Waals surface area contributed by atoms with Gasteiger partial charge in [-0.05, 0) is 25.0 Å². The van der Waals surface area contributed by atoms with Crippen molar-refractivity contribution in [1.82, 2.24) is 9.88 Å². The predicted octanol–water partition coefficient (Wildman–Crippen LogP) is 2.15. The summed E-state index contributed by atoms with van der Waals surface area (Å²) >= 11 is 0. The summed E-state index contributed by atoms with van der Waals surface area (Å²) in [5.74, 6) is -0.00132. The lowest BCUT2D eigenvalue weighted by Crippen LogP contribution is -2.40. The number of piperidine rings is 1. The van der Waals surface area contributed by atoms with Gasteiger partial charge < -0.3 is 9.64 Å². The molecule has 0 N–H and O–H groups in total. The first-order valence-electron chi connectivity index (χ1n) is 5.96. The Morgan fingerprint density at radius 3 is 2.89 bits per heavy atom. The van der Waals surface area contributed by atoms with E-state index >= 15 is 0 Å². The fourth-order valence-corrected chi connectivity index (χ4v) is 2.68. The Balaban J connectivity index is 2.00. The van der Waals surface area contributed by atoms with E-state index in [9.17, 15) is 18.0 Å². The van der Waals surface area contributed by atoms with Crippen molar-refractivity contribution in [2.45, 2.75) is 31.2 Å². The van der Waals surface area contributed by atoms with Gasteiger partial charge in [0.25, 0.3) is 0 Å². The Morgan fingerprint density at radius 2 is 2.21 bits per heavy atom. The molecule has 0 spiro atoms. The molecule has 19 heavy (non-hydrogen) atoms. The van der Waals surface area contributed by atoms with Gasteiger partial charge in [0.15, 0.2) is 0 Å². The van der Waals surface area contributed by atoms with Crippen molar-refractivity contribution in [3.05, 3.63) is 23.4 Å². The number of aromatic nitrogens is 1. The van der Waals surface area contributed by atoms with Crippen molar-refractivity contribution in [2.75, 3.05) is 6.54 Å². The highest BCUT2D eigenvalue weighted by molar-refractivity contribution is 5.51. The molecule has 3 rings (SSSR count). The number of fused-ring (bicyclic) bond motifs is 3. The molecule has 0 saturated carbocycles. The molecule has 3 heterocycles. The molecule has 0 aliphatic carbocycles. The topological polar surface area (TPSA) is 42.4 Å². The number of nitrogens with zero attached hydrogens (tertiary/aromatic N) is 2. The maximum atomic E-state index is 12.6. The molecule has 0 aromatic carbocycles. The highest BCUT2D eigenvalue weighted by Crippen LogP contribution is 2.44. The van der Waals surface area contributed by atoms with Gasteiger partial charge in [0.2, 0.25) is 12.3 Å². The first-order valence-corrected chi connectivity index (χ1v) is 5.96. The van der Waals surface area contributed by atoms with Gasteiger partial charge in [-0.25, -0.2) is 4.98 Å². The second-order valence-corrected chi connectivity index (χ2v) is 4.68. The molecule has 1 amide bonds. The van der Waals surface area contributed by atoms with Crippen LogP contribution in [0.2, 0.25) is 0 Å². The Bertz CT molecular complexity index is 518. The van der Waals surface area contributed by atoms with Crippen LogP contribution in [0.3, 0.4) is 0 Å². The van der Waals surface area contributed by atoms with E-state index in [4.69, 9.17) is 4.74 Å². The Hall–Kier alpha value is -1.79. The van der Waals surface area contributed by atoms with Gasteiger partial charge in [0.1, 0.15) is 11.8 Å². The van der Waals surface area contributed by atoms with Gasteiger partial charge in [-0.1, -0.05) is 0 Å². The van der Waals surface area contributed by atoms with E-state index in [1.807, 2.05) is 0 Å². The molecule has 0 bridgehead atoms. The first kappa shape index (κ1) is 12.3. The number of likely N-dealkylation sites (tertiary alicyclic amines) is 1. The predicted molar refractivity (Wildman–Crippen MR) is 58.4 cm³/mol. The van der Waals surface area contributed by atoms with Crippen molar-refractivity contribution in [3.8, 4) is 5.88 Å². The molecule has 2 atom stereocenters. The van der Waals surface area contributed by atoms with Gasteiger partial charge in [0.05, 0.1) is 6.04 Å². The second-order valence-electron chi connectivity index (χ2n) is 4.68. The molecule has 1 saturated heterocycles. The molecule has 2 aliphatic heterocycles. The number of rotatable bonds is 1. The summed E-state index contributed by atoms with van der Waals surface area (Å²) in [5.41, 5.74) is -0.410. The van der Waals surface area contributed by atoms with Crippen LogP contribution in [0.1, 0.15) is 30.1 Å². The number of ether oxygens (including phenoxy) is 1. The number of carbonyl (C=O) groups is 1. The highest BCUT2D eigenvalue weighted by Gasteiger charge is 2.43. The van der Waals surface area contributed by atoms with Gasteiger partial charge >= 0.3 is 6.18 Å². The van der Waals surface area contributed by atoms with Crippen molar-refractivity contribution < 1.29 is 22.7 Å². The monoisotopic (exact) mass is 272 g/mol. The molecule has 0 radical (unpaired) electrons. The summed E-state index contributed by atoms with van der Waals surface area (Å²) in [6.07, 6.45) is -2.57. The van der Waals surface area contributed by atoms with Crippen LogP contribution in [0.5, 0.6) is 5.88 Å². The number of hydrogen-bond acceptors (Lipinski definition) is 3. The smallest absolute Gasteiger partial charge is 0.433 e. The third-order valence-corrected chi connectivity index (χ3v) is 3.51. The molecule has 102 valence electrons. The molecule has 4 nitrogen and oxygen atoms in total. The van der Waals surface area contributed by atoms with Gasteiger partial charge in [-0.15, -0.1) is 0 Å². The van der Waals surface area contributed by atoms with Crippen molar-refractivity contribution in [3.63, 3.8) is 0 Å². The van der Waals surface area contributed by atoms with Gasteiger partial charge in [0, 0.05) is 12.1 Å². The third kappa shape index (κ3) is 1.93. The molecule has 2 aliphatic rings. The number of alkyl halides is 3. The summed E-state index contributed by atoms with van der Waals surface area (Å²) < 4.78 is 43.2. The van der Waals surface area contributed by atoms with Crippen LogP contribution in [0.4, 0.5) is 13.2 Å². The average Bonchev–Trinajstić information content (AvgIpc) is 2.74. The van der Waals surface area contributed by atoms with E-state index in [2.05, 4.69) is 4.98 Å². The van der Waals surface area contributed by atoms with Gasteiger partial charge in [-0.2, -0.15) is 13.2 Å². The van der Waals surface area contributed by atoms with Crippen LogP contribution in [0, 0.1) is 0 Å². The summed E-state index contributed by atoms with van der Waals surface area (Å²) in [5, 5.41) is 0. The fourth-order valence-electron chi connectivity index (χ4n) is 2.68. The fraction of sp³-hybridized carbons (Fsp3) is 0.500. The highest BCUT2D eigenvalue weighted by atomic mass is 19.4. The van der Waals surface area contributed by atoms with E-state index in [-0.39, 0.29) is 18.0 Å². The zero-order valence-corrected chi connectivity index (χ0v) is 9.85. The van der Waals surface area contributed by atoms with Crippen LogP contribution in [-0.4, -0.2) is 28.9 Å². The maximum Gasteiger partial charge on any atom is 0.433 e. The van der Waals surface area contributed by atoms with Crippen LogP contribution < -0.4 is 4.74 Å². The van der Waals surface area contributed by atoms with E-state index in [0.29, 0.717) is 24.9 Å². The van der Waals surface area contributed by atoms with Crippen LogP contribution in [-0.2, 0) is 11.0 Å². The minimum Gasteiger partial charge on any atom is -0.472 e.